The molecule has 2 N–H and O–H groups in total. The first kappa shape index (κ1) is 12.3. The summed E-state index contributed by atoms with van der Waals surface area (Å²) in [4.78, 5) is 2.59. The van der Waals surface area contributed by atoms with Crippen LogP contribution in [0, 0.1) is 11.8 Å². The topological polar surface area (TPSA) is 35.5 Å². The van der Waals surface area contributed by atoms with Gasteiger partial charge in [0, 0.05) is 19.2 Å². The number of aliphatic hydroxyl groups excluding tert-OH is 1. The number of fused-ring (bicyclic) bond motifs is 2. The summed E-state index contributed by atoms with van der Waals surface area (Å²) in [5, 5.41) is 12.7. The van der Waals surface area contributed by atoms with Crippen molar-refractivity contribution in [2.24, 2.45) is 11.8 Å². The van der Waals surface area contributed by atoms with E-state index in [0.29, 0.717) is 12.5 Å². The normalized spacial score (nSPS) is 35.2. The first-order valence-corrected chi connectivity index (χ1v) is 6.90. The second-order valence-corrected chi connectivity index (χ2v) is 5.44. The second kappa shape index (κ2) is 5.99. The molecule has 16 heavy (non-hydrogen) atoms. The van der Waals surface area contributed by atoms with Crippen LogP contribution in [0.15, 0.2) is 0 Å². The van der Waals surface area contributed by atoms with Crippen molar-refractivity contribution in [2.75, 3.05) is 32.8 Å². The van der Waals surface area contributed by atoms with Crippen LogP contribution in [0.25, 0.3) is 0 Å². The molecule has 0 aromatic carbocycles. The monoisotopic (exact) mass is 226 g/mol. The second-order valence-electron chi connectivity index (χ2n) is 5.44. The summed E-state index contributed by atoms with van der Waals surface area (Å²) < 4.78 is 0. The zero-order chi connectivity index (χ0) is 11.4. The average molecular weight is 226 g/mol. The number of rotatable bonds is 6. The zero-order valence-electron chi connectivity index (χ0n) is 10.5. The Kier molecular flexibility index (Phi) is 4.62. The van der Waals surface area contributed by atoms with Crippen molar-refractivity contribution in [1.29, 1.82) is 0 Å². The summed E-state index contributed by atoms with van der Waals surface area (Å²) in [6.45, 7) is 7.57. The Balaban J connectivity index is 1.72. The maximum atomic E-state index is 8.98. The van der Waals surface area contributed by atoms with Gasteiger partial charge in [0.2, 0.25) is 0 Å². The van der Waals surface area contributed by atoms with E-state index in [-0.39, 0.29) is 0 Å². The number of hydrogen-bond donors (Lipinski definition) is 2. The molecular weight excluding hydrogens is 200 g/mol. The highest BCUT2D eigenvalue weighted by Gasteiger charge is 2.33. The molecule has 2 aliphatic rings. The number of nitrogens with zero attached hydrogens (tertiary/aromatic N) is 1. The molecule has 94 valence electrons. The maximum Gasteiger partial charge on any atom is 0.0434 e. The molecule has 2 fully saturated rings. The number of hydrogen-bond acceptors (Lipinski definition) is 3. The minimum Gasteiger partial charge on any atom is -0.396 e. The van der Waals surface area contributed by atoms with Crippen LogP contribution in [0.2, 0.25) is 0 Å². The van der Waals surface area contributed by atoms with Crippen LogP contribution >= 0.6 is 0 Å². The molecule has 2 saturated heterocycles. The van der Waals surface area contributed by atoms with E-state index < -0.39 is 0 Å². The van der Waals surface area contributed by atoms with Gasteiger partial charge < -0.3 is 15.3 Å². The minimum absolute atomic E-state index is 0.335. The molecule has 2 aliphatic heterocycles. The lowest BCUT2D eigenvalue weighted by Gasteiger charge is -2.32. The highest BCUT2D eigenvalue weighted by Crippen LogP contribution is 2.27. The van der Waals surface area contributed by atoms with E-state index in [0.717, 1.165) is 24.9 Å². The molecule has 0 saturated carbocycles. The van der Waals surface area contributed by atoms with E-state index in [1.807, 2.05) is 0 Å². The molecule has 3 heteroatoms. The summed E-state index contributed by atoms with van der Waals surface area (Å²) in [5.41, 5.74) is 0. The molecule has 3 nitrogen and oxygen atoms in total. The van der Waals surface area contributed by atoms with E-state index in [4.69, 9.17) is 5.11 Å². The van der Waals surface area contributed by atoms with E-state index in [1.54, 1.807) is 0 Å². The number of piperidine rings is 1. The first-order valence-electron chi connectivity index (χ1n) is 6.90. The van der Waals surface area contributed by atoms with Crippen molar-refractivity contribution in [3.8, 4) is 0 Å². The lowest BCUT2D eigenvalue weighted by atomic mass is 9.93. The van der Waals surface area contributed by atoms with Crippen LogP contribution < -0.4 is 5.32 Å². The van der Waals surface area contributed by atoms with Gasteiger partial charge >= 0.3 is 0 Å². The summed E-state index contributed by atoms with van der Waals surface area (Å²) in [7, 11) is 0. The zero-order valence-corrected chi connectivity index (χ0v) is 10.5. The molecule has 2 heterocycles. The summed E-state index contributed by atoms with van der Waals surface area (Å²) >= 11 is 0. The standard InChI is InChI=1S/C13H26N2O/c1-2-11(5-8-16)9-14-13-4-7-15-6-3-12(13)10-15/h11-14,16H,2-10H2,1H3. The fraction of sp³-hybridized carbons (Fsp3) is 1.00. The largest absolute Gasteiger partial charge is 0.396 e. The molecule has 0 spiro atoms. The Morgan fingerprint density at radius 1 is 1.38 bits per heavy atom. The van der Waals surface area contributed by atoms with Crippen LogP contribution in [0.1, 0.15) is 32.6 Å². The fourth-order valence-corrected chi connectivity index (χ4v) is 3.17. The SMILES string of the molecule is CCC(CCO)CNC1CCN2CCC1C2. The van der Waals surface area contributed by atoms with Crippen LogP contribution in [0.5, 0.6) is 0 Å². The maximum absolute atomic E-state index is 8.98. The van der Waals surface area contributed by atoms with Crippen LogP contribution in [0.4, 0.5) is 0 Å². The van der Waals surface area contributed by atoms with E-state index in [1.165, 1.54) is 38.9 Å². The van der Waals surface area contributed by atoms with Gasteiger partial charge in [0.05, 0.1) is 0 Å². The highest BCUT2D eigenvalue weighted by molar-refractivity contribution is 4.90. The third-order valence-electron chi connectivity index (χ3n) is 4.42. The molecular formula is C13H26N2O. The summed E-state index contributed by atoms with van der Waals surface area (Å²) in [5.74, 6) is 1.55. The molecule has 0 aliphatic carbocycles. The summed E-state index contributed by atoms with van der Waals surface area (Å²) in [6, 6.07) is 0.742. The van der Waals surface area contributed by atoms with E-state index in [2.05, 4.69) is 17.1 Å². The van der Waals surface area contributed by atoms with Gasteiger partial charge in [-0.25, -0.2) is 0 Å². The van der Waals surface area contributed by atoms with Crippen molar-refractivity contribution in [3.63, 3.8) is 0 Å². The Morgan fingerprint density at radius 3 is 2.94 bits per heavy atom. The van der Waals surface area contributed by atoms with Gasteiger partial charge in [0.25, 0.3) is 0 Å². The van der Waals surface area contributed by atoms with Gasteiger partial charge in [0.15, 0.2) is 0 Å². The van der Waals surface area contributed by atoms with Crippen molar-refractivity contribution in [1.82, 2.24) is 10.2 Å². The van der Waals surface area contributed by atoms with Gasteiger partial charge in [-0.1, -0.05) is 13.3 Å². The summed E-state index contributed by atoms with van der Waals surface area (Å²) in [6.07, 6.45) is 4.83. The Labute approximate surface area is 99.2 Å². The van der Waals surface area contributed by atoms with E-state index >= 15 is 0 Å². The fourth-order valence-electron chi connectivity index (χ4n) is 3.17. The lowest BCUT2D eigenvalue weighted by Crippen LogP contribution is -2.45. The third-order valence-corrected chi connectivity index (χ3v) is 4.42. The third kappa shape index (κ3) is 2.96. The number of nitrogens with one attached hydrogen (secondary N) is 1. The molecule has 4 atom stereocenters. The Bertz CT molecular complexity index is 210. The highest BCUT2D eigenvalue weighted by atomic mass is 16.3. The minimum atomic E-state index is 0.335. The molecule has 0 aromatic rings. The molecule has 2 bridgehead atoms. The van der Waals surface area contributed by atoms with Gasteiger partial charge in [0.1, 0.15) is 0 Å². The Morgan fingerprint density at radius 2 is 2.19 bits per heavy atom. The molecule has 0 radical (unpaired) electrons. The van der Waals surface area contributed by atoms with Crippen molar-refractivity contribution >= 4 is 0 Å². The van der Waals surface area contributed by atoms with Crippen molar-refractivity contribution < 1.29 is 5.11 Å². The average Bonchev–Trinajstić information content (AvgIpc) is 2.69. The van der Waals surface area contributed by atoms with Crippen LogP contribution in [0.3, 0.4) is 0 Å². The van der Waals surface area contributed by atoms with Crippen LogP contribution in [-0.4, -0.2) is 48.8 Å². The molecule has 0 aromatic heterocycles. The van der Waals surface area contributed by atoms with Gasteiger partial charge in [-0.05, 0) is 50.7 Å². The predicted octanol–water partition coefficient (Wildman–Crippen LogP) is 1.08. The molecule has 2 rings (SSSR count). The van der Waals surface area contributed by atoms with Gasteiger partial charge in [-0.15, -0.1) is 0 Å². The van der Waals surface area contributed by atoms with Gasteiger partial charge in [-0.2, -0.15) is 0 Å². The molecule has 4 unspecified atom stereocenters. The van der Waals surface area contributed by atoms with Crippen LogP contribution in [-0.2, 0) is 0 Å². The lowest BCUT2D eigenvalue weighted by molar-refractivity contribution is 0.205. The quantitative estimate of drug-likeness (QED) is 0.711. The molecule has 0 amide bonds. The van der Waals surface area contributed by atoms with E-state index in [9.17, 15) is 0 Å². The number of aliphatic hydroxyl groups is 1. The predicted molar refractivity (Wildman–Crippen MR) is 66.4 cm³/mol. The smallest absolute Gasteiger partial charge is 0.0434 e. The van der Waals surface area contributed by atoms with Gasteiger partial charge in [-0.3, -0.25) is 0 Å². The first-order chi connectivity index (χ1) is 7.83. The Hall–Kier alpha value is -0.120. The van der Waals surface area contributed by atoms with Crippen molar-refractivity contribution in [3.05, 3.63) is 0 Å². The van der Waals surface area contributed by atoms with Crippen molar-refractivity contribution in [2.45, 2.75) is 38.6 Å².